The molecule has 8 nitrogen and oxygen atoms in total. The molecular weight excluding hydrogens is 386 g/mol. The Bertz CT molecular complexity index is 912. The minimum atomic E-state index is -1.07. The van der Waals surface area contributed by atoms with E-state index < -0.39 is 5.60 Å². The number of amides is 2. The lowest BCUT2D eigenvalue weighted by Gasteiger charge is -2.41. The third-order valence-electron chi connectivity index (χ3n) is 5.62. The Kier molecular flexibility index (Phi) is 6.03. The minimum Gasteiger partial charge on any atom is -0.491 e. The van der Waals surface area contributed by atoms with Crippen LogP contribution in [0.2, 0.25) is 0 Å². The van der Waals surface area contributed by atoms with E-state index >= 15 is 0 Å². The second-order valence-electron chi connectivity index (χ2n) is 7.82. The molecule has 8 heteroatoms. The number of hydrogen-bond donors (Lipinski definition) is 1. The fourth-order valence-electron chi connectivity index (χ4n) is 4.04. The Labute approximate surface area is 175 Å². The van der Waals surface area contributed by atoms with Gasteiger partial charge in [-0.25, -0.2) is 0 Å². The third-order valence-corrected chi connectivity index (χ3v) is 5.62. The first-order valence-corrected chi connectivity index (χ1v) is 10.4. The standard InChI is InChI=1S/C22H27N3O5/c1-16-14-19(30-24-16)20(26)25-11-13-29-22(15-25)9-5-4-7-17-6-2-3-8-18(17)28-12-10-23-21(22)27/h2-3,6,8,14H,4-5,7,9-13,15H2,1H3,(H,23,27). The summed E-state index contributed by atoms with van der Waals surface area (Å²) in [4.78, 5) is 27.6. The monoisotopic (exact) mass is 413 g/mol. The second-order valence-corrected chi connectivity index (χ2v) is 7.82. The van der Waals surface area contributed by atoms with Crippen LogP contribution >= 0.6 is 0 Å². The Hall–Kier alpha value is -2.87. The highest BCUT2D eigenvalue weighted by atomic mass is 16.5. The Morgan fingerprint density at radius 3 is 2.93 bits per heavy atom. The maximum atomic E-state index is 13.1. The van der Waals surface area contributed by atoms with Crippen LogP contribution in [0.5, 0.6) is 5.75 Å². The summed E-state index contributed by atoms with van der Waals surface area (Å²) in [7, 11) is 0. The normalized spacial score (nSPS) is 23.0. The van der Waals surface area contributed by atoms with Gasteiger partial charge >= 0.3 is 0 Å². The summed E-state index contributed by atoms with van der Waals surface area (Å²) < 4.78 is 17.0. The lowest BCUT2D eigenvalue weighted by Crippen LogP contribution is -2.61. The van der Waals surface area contributed by atoms with Crippen LogP contribution in [-0.2, 0) is 16.0 Å². The van der Waals surface area contributed by atoms with Crippen molar-refractivity contribution in [2.24, 2.45) is 0 Å². The summed E-state index contributed by atoms with van der Waals surface area (Å²) in [5, 5.41) is 6.73. The van der Waals surface area contributed by atoms with Gasteiger partial charge in [-0.2, -0.15) is 0 Å². The molecule has 2 aromatic rings. The van der Waals surface area contributed by atoms with Crippen molar-refractivity contribution in [3.05, 3.63) is 47.3 Å². The molecule has 1 atom stereocenters. The smallest absolute Gasteiger partial charge is 0.292 e. The van der Waals surface area contributed by atoms with E-state index in [0.29, 0.717) is 38.4 Å². The van der Waals surface area contributed by atoms with Gasteiger partial charge in [0.15, 0.2) is 5.60 Å². The fourth-order valence-corrected chi connectivity index (χ4v) is 4.04. The Morgan fingerprint density at radius 2 is 2.10 bits per heavy atom. The number of rotatable bonds is 1. The van der Waals surface area contributed by atoms with Gasteiger partial charge in [0, 0.05) is 12.6 Å². The first-order chi connectivity index (χ1) is 14.6. The summed E-state index contributed by atoms with van der Waals surface area (Å²) in [5.74, 6) is 0.582. The number of morpholine rings is 1. The molecule has 2 aliphatic rings. The predicted octanol–water partition coefficient (Wildman–Crippen LogP) is 2.12. The second kappa shape index (κ2) is 8.87. The highest BCUT2D eigenvalue weighted by molar-refractivity contribution is 5.93. The summed E-state index contributed by atoms with van der Waals surface area (Å²) in [5.41, 5.74) is 0.743. The summed E-state index contributed by atoms with van der Waals surface area (Å²) in [6.07, 6.45) is 3.11. The number of nitrogens with one attached hydrogen (secondary N) is 1. The van der Waals surface area contributed by atoms with Gasteiger partial charge in [0.05, 0.1) is 25.4 Å². The largest absolute Gasteiger partial charge is 0.491 e. The van der Waals surface area contributed by atoms with Crippen LogP contribution in [0.25, 0.3) is 0 Å². The van der Waals surface area contributed by atoms with Crippen LogP contribution < -0.4 is 10.1 Å². The van der Waals surface area contributed by atoms with Gasteiger partial charge in [0.1, 0.15) is 12.4 Å². The number of para-hydroxylation sites is 1. The average molecular weight is 413 g/mol. The van der Waals surface area contributed by atoms with Crippen LogP contribution in [0.4, 0.5) is 0 Å². The molecular formula is C22H27N3O5. The zero-order valence-electron chi connectivity index (χ0n) is 17.2. The van der Waals surface area contributed by atoms with Crippen LogP contribution in [-0.4, -0.2) is 60.3 Å². The maximum Gasteiger partial charge on any atom is 0.292 e. The molecule has 1 unspecified atom stereocenters. The van der Waals surface area contributed by atoms with Gasteiger partial charge in [-0.1, -0.05) is 23.4 Å². The fraction of sp³-hybridized carbons (Fsp3) is 0.500. The van der Waals surface area contributed by atoms with Gasteiger partial charge in [0.2, 0.25) is 5.76 Å². The van der Waals surface area contributed by atoms with Crippen molar-refractivity contribution in [2.45, 2.75) is 38.2 Å². The Morgan fingerprint density at radius 1 is 1.23 bits per heavy atom. The molecule has 0 aliphatic carbocycles. The van der Waals surface area contributed by atoms with Crippen molar-refractivity contribution < 1.29 is 23.6 Å². The summed E-state index contributed by atoms with van der Waals surface area (Å²) in [6.45, 7) is 3.40. The van der Waals surface area contributed by atoms with Gasteiger partial charge in [-0.15, -0.1) is 0 Å². The van der Waals surface area contributed by atoms with E-state index in [9.17, 15) is 9.59 Å². The van der Waals surface area contributed by atoms with Crippen LogP contribution in [0, 0.1) is 6.92 Å². The predicted molar refractivity (Wildman–Crippen MR) is 108 cm³/mol. The van der Waals surface area contributed by atoms with Gasteiger partial charge in [-0.05, 0) is 44.2 Å². The lowest BCUT2D eigenvalue weighted by atomic mass is 9.91. The molecule has 160 valence electrons. The van der Waals surface area contributed by atoms with E-state index in [4.69, 9.17) is 14.0 Å². The van der Waals surface area contributed by atoms with Crippen molar-refractivity contribution in [1.29, 1.82) is 0 Å². The highest BCUT2D eigenvalue weighted by Crippen LogP contribution is 2.28. The van der Waals surface area contributed by atoms with E-state index in [2.05, 4.69) is 16.5 Å². The molecule has 1 N–H and O–H groups in total. The van der Waals surface area contributed by atoms with Crippen molar-refractivity contribution in [1.82, 2.24) is 15.4 Å². The zero-order chi connectivity index (χ0) is 21.0. The molecule has 0 radical (unpaired) electrons. The number of carbonyl (C=O) groups is 2. The highest BCUT2D eigenvalue weighted by Gasteiger charge is 2.45. The molecule has 1 saturated heterocycles. The number of nitrogens with zero attached hydrogens (tertiary/aromatic N) is 2. The number of carbonyl (C=O) groups excluding carboxylic acids is 2. The van der Waals surface area contributed by atoms with E-state index in [1.807, 2.05) is 18.2 Å². The quantitative estimate of drug-likeness (QED) is 0.770. The van der Waals surface area contributed by atoms with E-state index in [-0.39, 0.29) is 24.1 Å². The SMILES string of the molecule is Cc1cc(C(=O)N2CCOC3(CCCCc4ccccc4OCCNC3=O)C2)on1. The average Bonchev–Trinajstić information content (AvgIpc) is 3.20. The van der Waals surface area contributed by atoms with E-state index in [1.165, 1.54) is 5.56 Å². The molecule has 1 spiro atoms. The lowest BCUT2D eigenvalue weighted by molar-refractivity contribution is -0.159. The maximum absolute atomic E-state index is 13.1. The number of benzene rings is 1. The summed E-state index contributed by atoms with van der Waals surface area (Å²) in [6, 6.07) is 9.61. The topological polar surface area (TPSA) is 93.9 Å². The van der Waals surface area contributed by atoms with Crippen molar-refractivity contribution in [3.8, 4) is 5.75 Å². The minimum absolute atomic E-state index is 0.183. The molecule has 0 saturated carbocycles. The zero-order valence-corrected chi connectivity index (χ0v) is 17.2. The molecule has 0 bridgehead atoms. The van der Waals surface area contributed by atoms with Gasteiger partial charge in [-0.3, -0.25) is 9.59 Å². The molecule has 1 aromatic heterocycles. The van der Waals surface area contributed by atoms with Gasteiger partial charge in [0.25, 0.3) is 11.8 Å². The molecule has 2 amide bonds. The van der Waals surface area contributed by atoms with Crippen LogP contribution in [0.15, 0.2) is 34.9 Å². The number of aromatic nitrogens is 1. The molecule has 3 heterocycles. The van der Waals surface area contributed by atoms with Crippen LogP contribution in [0.1, 0.15) is 41.1 Å². The van der Waals surface area contributed by atoms with E-state index in [0.717, 1.165) is 25.0 Å². The molecule has 1 fully saturated rings. The van der Waals surface area contributed by atoms with Crippen molar-refractivity contribution >= 4 is 11.8 Å². The number of aryl methyl sites for hydroxylation is 2. The van der Waals surface area contributed by atoms with Crippen molar-refractivity contribution in [3.63, 3.8) is 0 Å². The van der Waals surface area contributed by atoms with E-state index in [1.54, 1.807) is 17.9 Å². The molecule has 4 rings (SSSR count). The Balaban J connectivity index is 1.49. The first kappa shape index (κ1) is 20.4. The molecule has 1 aromatic carbocycles. The third kappa shape index (κ3) is 4.33. The summed E-state index contributed by atoms with van der Waals surface area (Å²) >= 11 is 0. The van der Waals surface area contributed by atoms with Crippen LogP contribution in [0.3, 0.4) is 0 Å². The van der Waals surface area contributed by atoms with Crippen molar-refractivity contribution in [2.75, 3.05) is 32.8 Å². The molecule has 30 heavy (non-hydrogen) atoms. The van der Waals surface area contributed by atoms with Gasteiger partial charge < -0.3 is 24.2 Å². The molecule has 2 aliphatic heterocycles. The number of fused-ring (bicyclic) bond motifs is 1. The number of ether oxygens (including phenoxy) is 2. The first-order valence-electron chi connectivity index (χ1n) is 10.4. The number of hydrogen-bond acceptors (Lipinski definition) is 6.